The molecule has 0 aromatic heterocycles. The Balaban J connectivity index is 2.66. The highest BCUT2D eigenvalue weighted by Crippen LogP contribution is 2.22. The first-order valence-electron chi connectivity index (χ1n) is 5.69. The molecule has 5 heteroatoms. The molecule has 5 nitrogen and oxygen atoms in total. The number of hydrogen-bond donors (Lipinski definition) is 3. The van der Waals surface area contributed by atoms with Crippen LogP contribution in [0.5, 0.6) is 0 Å². The third kappa shape index (κ3) is 3.56. The van der Waals surface area contributed by atoms with Crippen LogP contribution in [0.15, 0.2) is 12.2 Å². The van der Waals surface area contributed by atoms with Crippen LogP contribution in [0.3, 0.4) is 0 Å². The Morgan fingerprint density at radius 2 is 2.00 bits per heavy atom. The van der Waals surface area contributed by atoms with Crippen molar-refractivity contribution in [3.63, 3.8) is 0 Å². The topological polar surface area (TPSA) is 92.4 Å². The van der Waals surface area contributed by atoms with Crippen molar-refractivity contribution < 1.29 is 14.7 Å². The van der Waals surface area contributed by atoms with Crippen molar-refractivity contribution in [1.29, 1.82) is 0 Å². The van der Waals surface area contributed by atoms with Crippen LogP contribution in [0.25, 0.3) is 0 Å². The molecule has 0 spiro atoms. The quantitative estimate of drug-likeness (QED) is 0.626. The number of rotatable bonds is 3. The summed E-state index contributed by atoms with van der Waals surface area (Å²) in [7, 11) is 0. The maximum Gasteiger partial charge on any atom is 0.326 e. The fourth-order valence-corrected chi connectivity index (χ4v) is 1.82. The molecule has 0 heterocycles. The molecule has 0 aromatic rings. The van der Waals surface area contributed by atoms with E-state index in [-0.39, 0.29) is 17.9 Å². The molecule has 96 valence electrons. The summed E-state index contributed by atoms with van der Waals surface area (Å²) in [6, 6.07) is -0.996. The Morgan fingerprint density at radius 1 is 1.41 bits per heavy atom. The second-order valence-electron chi connectivity index (χ2n) is 5.54. The molecule has 0 saturated carbocycles. The van der Waals surface area contributed by atoms with Crippen LogP contribution < -0.4 is 11.1 Å². The second kappa shape index (κ2) is 4.87. The molecule has 0 bridgehead atoms. The lowest BCUT2D eigenvalue weighted by molar-refractivity contribution is -0.145. The summed E-state index contributed by atoms with van der Waals surface area (Å²) in [5.41, 5.74) is 5.13. The van der Waals surface area contributed by atoms with Crippen LogP contribution in [0, 0.1) is 11.3 Å². The number of carbonyl (C=O) groups excluding carboxylic acids is 1. The van der Waals surface area contributed by atoms with Crippen LogP contribution in [-0.2, 0) is 9.59 Å². The molecule has 4 N–H and O–H groups in total. The highest BCUT2D eigenvalue weighted by Gasteiger charge is 2.34. The van der Waals surface area contributed by atoms with Crippen LogP contribution in [0.1, 0.15) is 27.2 Å². The lowest BCUT2D eigenvalue weighted by Crippen LogP contribution is -2.50. The third-order valence-corrected chi connectivity index (χ3v) is 2.85. The summed E-state index contributed by atoms with van der Waals surface area (Å²) >= 11 is 0. The Hall–Kier alpha value is -1.36. The molecule has 0 saturated heterocycles. The normalized spacial score (nSPS) is 25.6. The number of nitrogens with two attached hydrogens (primary N) is 1. The highest BCUT2D eigenvalue weighted by molar-refractivity contribution is 5.86. The third-order valence-electron chi connectivity index (χ3n) is 2.85. The zero-order valence-corrected chi connectivity index (χ0v) is 10.4. The molecule has 0 fully saturated rings. The molecule has 1 aliphatic rings. The van der Waals surface area contributed by atoms with Gasteiger partial charge in [-0.25, -0.2) is 4.79 Å². The van der Waals surface area contributed by atoms with Gasteiger partial charge < -0.3 is 16.2 Å². The average molecular weight is 240 g/mol. The molecule has 0 radical (unpaired) electrons. The van der Waals surface area contributed by atoms with E-state index in [1.807, 2.05) is 0 Å². The monoisotopic (exact) mass is 240 g/mol. The van der Waals surface area contributed by atoms with Gasteiger partial charge in [0.25, 0.3) is 0 Å². The number of hydrogen-bond acceptors (Lipinski definition) is 3. The van der Waals surface area contributed by atoms with Gasteiger partial charge in [0.1, 0.15) is 6.04 Å². The van der Waals surface area contributed by atoms with E-state index >= 15 is 0 Å². The van der Waals surface area contributed by atoms with Gasteiger partial charge in [0.2, 0.25) is 5.91 Å². The first-order valence-corrected chi connectivity index (χ1v) is 5.69. The number of carboxylic acid groups (broad SMARTS) is 1. The van der Waals surface area contributed by atoms with Crippen LogP contribution in [0.2, 0.25) is 0 Å². The van der Waals surface area contributed by atoms with E-state index in [1.165, 1.54) is 0 Å². The number of nitrogens with one attached hydrogen (secondary N) is 1. The summed E-state index contributed by atoms with van der Waals surface area (Å²) in [5.74, 6) is -1.59. The first kappa shape index (κ1) is 13.7. The van der Waals surface area contributed by atoms with Crippen molar-refractivity contribution in [3.8, 4) is 0 Å². The zero-order chi connectivity index (χ0) is 13.2. The van der Waals surface area contributed by atoms with Gasteiger partial charge in [-0.05, 0) is 11.8 Å². The Kier molecular flexibility index (Phi) is 3.93. The van der Waals surface area contributed by atoms with E-state index < -0.39 is 17.4 Å². The molecule has 1 rings (SSSR count). The van der Waals surface area contributed by atoms with E-state index in [9.17, 15) is 9.59 Å². The van der Waals surface area contributed by atoms with E-state index in [4.69, 9.17) is 10.8 Å². The standard InChI is InChI=1S/C12H20N2O3/c1-12(2,3)9(11(16)17)14-10(15)7-4-5-8(13)6-7/h4-5,7-9H,6,13H2,1-3H3,(H,14,15)(H,16,17)/t7?,8?,9-/m1/s1. The molecule has 2 unspecified atom stereocenters. The summed E-state index contributed by atoms with van der Waals surface area (Å²) in [5, 5.41) is 11.7. The van der Waals surface area contributed by atoms with Crippen molar-refractivity contribution in [2.45, 2.75) is 39.3 Å². The predicted molar refractivity (Wildman–Crippen MR) is 64.2 cm³/mol. The Labute approximate surface area is 101 Å². The number of carbonyl (C=O) groups is 2. The van der Waals surface area contributed by atoms with Gasteiger partial charge in [0.05, 0.1) is 5.92 Å². The van der Waals surface area contributed by atoms with Gasteiger partial charge in [-0.1, -0.05) is 32.9 Å². The van der Waals surface area contributed by atoms with Gasteiger partial charge in [0.15, 0.2) is 0 Å². The highest BCUT2D eigenvalue weighted by atomic mass is 16.4. The van der Waals surface area contributed by atoms with E-state index in [1.54, 1.807) is 32.9 Å². The lowest BCUT2D eigenvalue weighted by Gasteiger charge is -2.28. The minimum absolute atomic E-state index is 0.108. The van der Waals surface area contributed by atoms with Gasteiger partial charge in [0, 0.05) is 6.04 Å². The smallest absolute Gasteiger partial charge is 0.326 e. The second-order valence-corrected chi connectivity index (χ2v) is 5.54. The molecule has 1 aliphatic carbocycles. The fraction of sp³-hybridized carbons (Fsp3) is 0.667. The van der Waals surface area contributed by atoms with Crippen molar-refractivity contribution in [2.75, 3.05) is 0 Å². The summed E-state index contributed by atoms with van der Waals surface area (Å²) < 4.78 is 0. The SMILES string of the molecule is CC(C)(C)[C@H](NC(=O)C1C=CC(N)C1)C(=O)O. The minimum atomic E-state index is -1.02. The van der Waals surface area contributed by atoms with Crippen molar-refractivity contribution in [1.82, 2.24) is 5.32 Å². The van der Waals surface area contributed by atoms with Gasteiger partial charge in [-0.15, -0.1) is 0 Å². The Morgan fingerprint density at radius 3 is 2.35 bits per heavy atom. The maximum absolute atomic E-state index is 11.9. The average Bonchev–Trinajstić information content (AvgIpc) is 2.58. The van der Waals surface area contributed by atoms with Crippen molar-refractivity contribution >= 4 is 11.9 Å². The zero-order valence-electron chi connectivity index (χ0n) is 10.4. The van der Waals surface area contributed by atoms with Gasteiger partial charge in [-0.2, -0.15) is 0 Å². The predicted octanol–water partition coefficient (Wildman–Crippen LogP) is 0.505. The van der Waals surface area contributed by atoms with Crippen molar-refractivity contribution in [2.24, 2.45) is 17.1 Å². The number of aliphatic carboxylic acids is 1. The summed E-state index contributed by atoms with van der Waals surface area (Å²) in [6.45, 7) is 5.34. The van der Waals surface area contributed by atoms with Crippen LogP contribution >= 0.6 is 0 Å². The van der Waals surface area contributed by atoms with Gasteiger partial charge >= 0.3 is 5.97 Å². The molecule has 3 atom stereocenters. The van der Waals surface area contributed by atoms with Crippen molar-refractivity contribution in [3.05, 3.63) is 12.2 Å². The minimum Gasteiger partial charge on any atom is -0.480 e. The maximum atomic E-state index is 11.9. The van der Waals surface area contributed by atoms with E-state index in [0.717, 1.165) is 0 Å². The summed E-state index contributed by atoms with van der Waals surface area (Å²) in [4.78, 5) is 23.0. The molecular weight excluding hydrogens is 220 g/mol. The Bertz CT molecular complexity index is 344. The fourth-order valence-electron chi connectivity index (χ4n) is 1.82. The van der Waals surface area contributed by atoms with E-state index in [2.05, 4.69) is 5.32 Å². The molecule has 0 aliphatic heterocycles. The lowest BCUT2D eigenvalue weighted by atomic mass is 9.86. The first-order chi connectivity index (χ1) is 7.71. The van der Waals surface area contributed by atoms with Crippen LogP contribution in [0.4, 0.5) is 0 Å². The summed E-state index contributed by atoms with van der Waals surface area (Å²) in [6.07, 6.45) is 4.06. The molecule has 0 aromatic carbocycles. The van der Waals surface area contributed by atoms with E-state index in [0.29, 0.717) is 6.42 Å². The molecule has 1 amide bonds. The molecular formula is C12H20N2O3. The number of amides is 1. The largest absolute Gasteiger partial charge is 0.480 e. The molecule has 17 heavy (non-hydrogen) atoms. The van der Waals surface area contributed by atoms with Gasteiger partial charge in [-0.3, -0.25) is 4.79 Å². The number of carboxylic acids is 1. The van der Waals surface area contributed by atoms with Crippen LogP contribution in [-0.4, -0.2) is 29.1 Å².